The van der Waals surface area contributed by atoms with Crippen molar-refractivity contribution in [1.29, 1.82) is 0 Å². The highest BCUT2D eigenvalue weighted by molar-refractivity contribution is 6.30. The first-order valence-corrected chi connectivity index (χ1v) is 7.44. The second-order valence-electron chi connectivity index (χ2n) is 4.75. The first-order valence-electron chi connectivity index (χ1n) is 6.53. The molecule has 0 atom stereocenters. The van der Waals surface area contributed by atoms with Gasteiger partial charge in [0.25, 0.3) is 0 Å². The molecule has 19 heavy (non-hydrogen) atoms. The van der Waals surface area contributed by atoms with Crippen LogP contribution in [0.4, 0.5) is 4.39 Å². The highest BCUT2D eigenvalue weighted by Gasteiger charge is 2.20. The maximum atomic E-state index is 13.8. The summed E-state index contributed by atoms with van der Waals surface area (Å²) in [7, 11) is 0. The standard InChI is InChI=1S/C14H18Cl2FNO/c15-6-9-19-12-4-7-18(8-5-12)10-11-2-1-3-13(16)14(11)17/h1-3,12H,4-10H2. The molecule has 0 N–H and O–H groups in total. The number of benzene rings is 1. The van der Waals surface area contributed by atoms with E-state index in [1.54, 1.807) is 18.2 Å². The van der Waals surface area contributed by atoms with E-state index in [9.17, 15) is 4.39 Å². The van der Waals surface area contributed by atoms with E-state index < -0.39 is 0 Å². The molecule has 2 rings (SSSR count). The smallest absolute Gasteiger partial charge is 0.146 e. The summed E-state index contributed by atoms with van der Waals surface area (Å²) in [6, 6.07) is 5.15. The molecule has 0 aromatic heterocycles. The number of halogens is 3. The Bertz CT molecular complexity index is 408. The first-order chi connectivity index (χ1) is 9.20. The Kier molecular flexibility index (Phi) is 5.89. The number of piperidine rings is 1. The van der Waals surface area contributed by atoms with Gasteiger partial charge in [0.05, 0.1) is 17.7 Å². The van der Waals surface area contributed by atoms with Crippen molar-refractivity contribution in [3.8, 4) is 0 Å². The Morgan fingerprint density at radius 2 is 2.05 bits per heavy atom. The molecular formula is C14H18Cl2FNO. The van der Waals surface area contributed by atoms with Crippen molar-refractivity contribution in [3.05, 3.63) is 34.6 Å². The molecule has 0 unspecified atom stereocenters. The van der Waals surface area contributed by atoms with E-state index in [1.807, 2.05) is 0 Å². The number of likely N-dealkylation sites (tertiary alicyclic amines) is 1. The molecule has 1 aliphatic heterocycles. The molecule has 1 heterocycles. The van der Waals surface area contributed by atoms with E-state index in [0.29, 0.717) is 30.7 Å². The summed E-state index contributed by atoms with van der Waals surface area (Å²) < 4.78 is 19.4. The quantitative estimate of drug-likeness (QED) is 0.769. The maximum absolute atomic E-state index is 13.8. The van der Waals surface area contributed by atoms with Gasteiger partial charge in [0.15, 0.2) is 0 Å². The number of nitrogens with zero attached hydrogens (tertiary/aromatic N) is 1. The zero-order chi connectivity index (χ0) is 13.7. The molecule has 0 spiro atoms. The average Bonchev–Trinajstić information content (AvgIpc) is 2.43. The van der Waals surface area contributed by atoms with Crippen LogP contribution >= 0.6 is 23.2 Å². The molecule has 1 aromatic rings. The number of hydrogen-bond donors (Lipinski definition) is 0. The minimum atomic E-state index is -0.301. The van der Waals surface area contributed by atoms with Gasteiger partial charge in [-0.1, -0.05) is 23.7 Å². The van der Waals surface area contributed by atoms with Crippen molar-refractivity contribution in [1.82, 2.24) is 4.90 Å². The minimum absolute atomic E-state index is 0.192. The van der Waals surface area contributed by atoms with Crippen LogP contribution in [0.2, 0.25) is 5.02 Å². The first kappa shape index (κ1) is 15.0. The molecule has 0 radical (unpaired) electrons. The third-order valence-corrected chi connectivity index (χ3v) is 3.84. The number of alkyl halides is 1. The van der Waals surface area contributed by atoms with Crippen molar-refractivity contribution in [2.75, 3.05) is 25.6 Å². The number of ether oxygens (including phenoxy) is 1. The lowest BCUT2D eigenvalue weighted by molar-refractivity contribution is 0.0133. The molecule has 1 aromatic carbocycles. The highest BCUT2D eigenvalue weighted by Crippen LogP contribution is 2.21. The van der Waals surface area contributed by atoms with Crippen LogP contribution in [-0.2, 0) is 11.3 Å². The molecule has 0 saturated carbocycles. The number of hydrogen-bond acceptors (Lipinski definition) is 2. The van der Waals surface area contributed by atoms with Crippen LogP contribution in [0.25, 0.3) is 0 Å². The summed E-state index contributed by atoms with van der Waals surface area (Å²) in [6.45, 7) is 3.04. The van der Waals surface area contributed by atoms with Gasteiger partial charge < -0.3 is 4.74 Å². The van der Waals surface area contributed by atoms with E-state index >= 15 is 0 Å². The molecular weight excluding hydrogens is 288 g/mol. The van der Waals surface area contributed by atoms with Gasteiger partial charge in [0, 0.05) is 31.1 Å². The largest absolute Gasteiger partial charge is 0.377 e. The molecule has 5 heteroatoms. The maximum Gasteiger partial charge on any atom is 0.146 e. The van der Waals surface area contributed by atoms with E-state index in [2.05, 4.69) is 4.90 Å². The van der Waals surface area contributed by atoms with E-state index in [4.69, 9.17) is 27.9 Å². The molecule has 1 saturated heterocycles. The molecule has 1 fully saturated rings. The molecule has 2 nitrogen and oxygen atoms in total. The van der Waals surface area contributed by atoms with Crippen LogP contribution in [0.1, 0.15) is 18.4 Å². The molecule has 0 amide bonds. The van der Waals surface area contributed by atoms with Crippen LogP contribution in [-0.4, -0.2) is 36.6 Å². The van der Waals surface area contributed by atoms with Crippen LogP contribution < -0.4 is 0 Å². The lowest BCUT2D eigenvalue weighted by Crippen LogP contribution is -2.37. The predicted molar refractivity (Wildman–Crippen MR) is 76.4 cm³/mol. The lowest BCUT2D eigenvalue weighted by Gasteiger charge is -2.31. The van der Waals surface area contributed by atoms with Crippen LogP contribution in [0.3, 0.4) is 0 Å². The van der Waals surface area contributed by atoms with E-state index in [0.717, 1.165) is 25.9 Å². The SMILES string of the molecule is Fc1c(Cl)cccc1CN1CCC(OCCCl)CC1. The van der Waals surface area contributed by atoms with Crippen molar-refractivity contribution in [2.24, 2.45) is 0 Å². The third kappa shape index (κ3) is 4.32. The van der Waals surface area contributed by atoms with E-state index in [-0.39, 0.29) is 10.8 Å². The molecule has 0 bridgehead atoms. The zero-order valence-electron chi connectivity index (χ0n) is 10.7. The van der Waals surface area contributed by atoms with Crippen molar-refractivity contribution >= 4 is 23.2 Å². The Hall–Kier alpha value is -0.350. The summed E-state index contributed by atoms with van der Waals surface area (Å²) in [5, 5.41) is 0.192. The van der Waals surface area contributed by atoms with Gasteiger partial charge in [0.1, 0.15) is 5.82 Å². The summed E-state index contributed by atoms with van der Waals surface area (Å²) in [5.41, 5.74) is 0.660. The monoisotopic (exact) mass is 305 g/mol. The second-order valence-corrected chi connectivity index (χ2v) is 5.53. The Morgan fingerprint density at radius 1 is 1.32 bits per heavy atom. The Morgan fingerprint density at radius 3 is 2.74 bits per heavy atom. The fourth-order valence-electron chi connectivity index (χ4n) is 2.36. The van der Waals surface area contributed by atoms with Crippen LogP contribution in [0.15, 0.2) is 18.2 Å². The van der Waals surface area contributed by atoms with Gasteiger partial charge in [-0.15, -0.1) is 11.6 Å². The van der Waals surface area contributed by atoms with Gasteiger partial charge in [-0.05, 0) is 18.9 Å². The van der Waals surface area contributed by atoms with Crippen molar-refractivity contribution < 1.29 is 9.13 Å². The number of rotatable bonds is 5. The summed E-state index contributed by atoms with van der Waals surface area (Å²) >= 11 is 11.4. The van der Waals surface area contributed by atoms with Crippen molar-refractivity contribution in [2.45, 2.75) is 25.5 Å². The second kappa shape index (κ2) is 7.44. The molecule has 106 valence electrons. The summed E-state index contributed by atoms with van der Waals surface area (Å²) in [6.07, 6.45) is 2.23. The molecule has 0 aliphatic carbocycles. The van der Waals surface area contributed by atoms with Crippen LogP contribution in [0.5, 0.6) is 0 Å². The molecule has 1 aliphatic rings. The predicted octanol–water partition coefficient (Wildman–Crippen LogP) is 3.70. The summed E-state index contributed by atoms with van der Waals surface area (Å²) in [5.74, 6) is 0.234. The van der Waals surface area contributed by atoms with E-state index in [1.165, 1.54) is 0 Å². The fraction of sp³-hybridized carbons (Fsp3) is 0.571. The lowest BCUT2D eigenvalue weighted by atomic mass is 10.1. The fourth-order valence-corrected chi connectivity index (χ4v) is 2.64. The van der Waals surface area contributed by atoms with Gasteiger partial charge in [-0.2, -0.15) is 0 Å². The van der Waals surface area contributed by atoms with Crippen molar-refractivity contribution in [3.63, 3.8) is 0 Å². The Labute approximate surface area is 123 Å². The van der Waals surface area contributed by atoms with Gasteiger partial charge >= 0.3 is 0 Å². The normalized spacial score (nSPS) is 17.8. The highest BCUT2D eigenvalue weighted by atomic mass is 35.5. The third-order valence-electron chi connectivity index (χ3n) is 3.39. The van der Waals surface area contributed by atoms with Gasteiger partial charge in [-0.25, -0.2) is 4.39 Å². The zero-order valence-corrected chi connectivity index (χ0v) is 12.3. The van der Waals surface area contributed by atoms with Crippen LogP contribution in [0, 0.1) is 5.82 Å². The minimum Gasteiger partial charge on any atom is -0.377 e. The van der Waals surface area contributed by atoms with Gasteiger partial charge in [-0.3, -0.25) is 4.90 Å². The Balaban J connectivity index is 1.84. The van der Waals surface area contributed by atoms with Gasteiger partial charge in [0.2, 0.25) is 0 Å². The topological polar surface area (TPSA) is 12.5 Å². The summed E-state index contributed by atoms with van der Waals surface area (Å²) in [4.78, 5) is 2.23. The average molecular weight is 306 g/mol.